The van der Waals surface area contributed by atoms with Crippen molar-refractivity contribution in [2.75, 3.05) is 26.0 Å². The molecule has 2 unspecified atom stereocenters. The Kier molecular flexibility index (Phi) is 5.93. The van der Waals surface area contributed by atoms with E-state index in [1.807, 2.05) is 6.92 Å². The molecule has 9 heteroatoms. The van der Waals surface area contributed by atoms with Crippen LogP contribution in [0.15, 0.2) is 35.5 Å². The Labute approximate surface area is 173 Å². The summed E-state index contributed by atoms with van der Waals surface area (Å²) in [7, 11) is 3.08. The number of halogens is 1. The number of hydrogen-bond acceptors (Lipinski definition) is 5. The van der Waals surface area contributed by atoms with E-state index in [0.717, 1.165) is 0 Å². The Hall–Kier alpha value is -3.20. The zero-order valence-electron chi connectivity index (χ0n) is 17.2. The molecule has 0 bridgehead atoms. The summed E-state index contributed by atoms with van der Waals surface area (Å²) in [5.41, 5.74) is 2.55. The van der Waals surface area contributed by atoms with E-state index in [0.29, 0.717) is 28.1 Å². The van der Waals surface area contributed by atoms with Gasteiger partial charge in [-0.2, -0.15) is 0 Å². The molecule has 2 heterocycles. The Balaban J connectivity index is 1.87. The highest BCUT2D eigenvalue weighted by atomic mass is 19.1. The van der Waals surface area contributed by atoms with Gasteiger partial charge in [-0.1, -0.05) is 0 Å². The maximum atomic E-state index is 13.7. The number of amides is 3. The summed E-state index contributed by atoms with van der Waals surface area (Å²) in [6, 6.07) is 2.72. The number of nitrogens with one attached hydrogen (secondary N) is 3. The SMILES string of the molecule is CC1=C(/C=C2\C(=O)Nc3ccc(F)cc32)NC(C)C1C(=O)N[C@@H](CO)C(=O)N(C)C. The lowest BCUT2D eigenvalue weighted by molar-refractivity contribution is -0.136. The molecule has 0 radical (unpaired) electrons. The molecule has 0 aliphatic carbocycles. The first-order chi connectivity index (χ1) is 14.1. The Morgan fingerprint density at radius 3 is 2.70 bits per heavy atom. The van der Waals surface area contributed by atoms with Crippen LogP contribution in [0.25, 0.3) is 5.57 Å². The van der Waals surface area contributed by atoms with E-state index in [1.54, 1.807) is 27.1 Å². The zero-order valence-corrected chi connectivity index (χ0v) is 17.2. The van der Waals surface area contributed by atoms with Gasteiger partial charge in [0.05, 0.1) is 18.1 Å². The van der Waals surface area contributed by atoms with Crippen molar-refractivity contribution in [1.82, 2.24) is 15.5 Å². The molecule has 0 spiro atoms. The quantitative estimate of drug-likeness (QED) is 0.526. The van der Waals surface area contributed by atoms with Gasteiger partial charge in [0, 0.05) is 37.1 Å². The van der Waals surface area contributed by atoms with Crippen LogP contribution in [0, 0.1) is 11.7 Å². The van der Waals surface area contributed by atoms with Crippen molar-refractivity contribution in [3.05, 3.63) is 46.9 Å². The summed E-state index contributed by atoms with van der Waals surface area (Å²) in [4.78, 5) is 38.6. The van der Waals surface area contributed by atoms with Crippen molar-refractivity contribution in [2.45, 2.75) is 25.9 Å². The molecule has 1 aromatic carbocycles. The molecule has 8 nitrogen and oxygen atoms in total. The fourth-order valence-electron chi connectivity index (χ4n) is 3.77. The topological polar surface area (TPSA) is 111 Å². The Bertz CT molecular complexity index is 970. The molecule has 2 aliphatic heterocycles. The highest BCUT2D eigenvalue weighted by molar-refractivity contribution is 6.31. The second kappa shape index (κ2) is 8.27. The molecule has 3 rings (SSSR count). The second-order valence-corrected chi connectivity index (χ2v) is 7.69. The number of anilines is 1. The molecule has 30 heavy (non-hydrogen) atoms. The fraction of sp³-hybridized carbons (Fsp3) is 0.381. The van der Waals surface area contributed by atoms with Crippen LogP contribution in [-0.4, -0.2) is 60.5 Å². The minimum atomic E-state index is -1.04. The standard InChI is InChI=1S/C21H25FN4O4/c1-10-16(8-14-13-7-12(22)5-6-15(13)24-19(14)28)23-11(2)18(10)20(29)25-17(9-27)21(30)26(3)4/h5-8,11,17-18,23,27H,9H2,1-4H3,(H,24,28)(H,25,29)/b14-8-/t11?,17-,18?/m0/s1. The molecule has 1 aromatic rings. The largest absolute Gasteiger partial charge is 0.394 e. The number of rotatable bonds is 5. The average molecular weight is 416 g/mol. The maximum absolute atomic E-state index is 13.7. The normalized spacial score (nSPS) is 22.5. The number of hydrogen-bond donors (Lipinski definition) is 4. The van der Waals surface area contributed by atoms with Gasteiger partial charge in [-0.05, 0) is 43.7 Å². The van der Waals surface area contributed by atoms with Crippen molar-refractivity contribution in [3.8, 4) is 0 Å². The highest BCUT2D eigenvalue weighted by Crippen LogP contribution is 2.35. The molecule has 0 aromatic heterocycles. The average Bonchev–Trinajstić information content (AvgIpc) is 3.14. The van der Waals surface area contributed by atoms with E-state index in [2.05, 4.69) is 16.0 Å². The minimum absolute atomic E-state index is 0.302. The molecule has 0 saturated heterocycles. The third-order valence-electron chi connectivity index (χ3n) is 5.35. The first-order valence-electron chi connectivity index (χ1n) is 9.56. The first kappa shape index (κ1) is 21.5. The van der Waals surface area contributed by atoms with Crippen LogP contribution >= 0.6 is 0 Å². The molecule has 0 saturated carbocycles. The summed E-state index contributed by atoms with van der Waals surface area (Å²) in [5.74, 6) is -2.22. The molecular weight excluding hydrogens is 391 g/mol. The summed E-state index contributed by atoms with van der Waals surface area (Å²) in [6.45, 7) is 3.05. The van der Waals surface area contributed by atoms with Crippen molar-refractivity contribution >= 4 is 29.0 Å². The lowest BCUT2D eigenvalue weighted by Crippen LogP contribution is -2.51. The molecule has 160 valence electrons. The van der Waals surface area contributed by atoms with Crippen LogP contribution in [-0.2, 0) is 14.4 Å². The van der Waals surface area contributed by atoms with E-state index in [-0.39, 0.29) is 11.9 Å². The minimum Gasteiger partial charge on any atom is -0.394 e. The number of nitrogens with zero attached hydrogens (tertiary/aromatic N) is 1. The first-order valence-corrected chi connectivity index (χ1v) is 9.56. The number of fused-ring (bicyclic) bond motifs is 1. The maximum Gasteiger partial charge on any atom is 0.256 e. The van der Waals surface area contributed by atoms with Gasteiger partial charge in [-0.15, -0.1) is 0 Å². The van der Waals surface area contributed by atoms with Gasteiger partial charge in [0.15, 0.2) is 0 Å². The van der Waals surface area contributed by atoms with E-state index < -0.39 is 36.2 Å². The van der Waals surface area contributed by atoms with Gasteiger partial charge in [0.1, 0.15) is 11.9 Å². The molecular formula is C21H25FN4O4. The van der Waals surface area contributed by atoms with Crippen LogP contribution in [0.4, 0.5) is 10.1 Å². The van der Waals surface area contributed by atoms with Gasteiger partial charge < -0.3 is 26.0 Å². The summed E-state index contributed by atoms with van der Waals surface area (Å²) in [5, 5.41) is 17.9. The van der Waals surface area contributed by atoms with Crippen LogP contribution in [0.5, 0.6) is 0 Å². The molecule has 2 aliphatic rings. The lowest BCUT2D eigenvalue weighted by Gasteiger charge is -2.23. The third-order valence-corrected chi connectivity index (χ3v) is 5.35. The smallest absolute Gasteiger partial charge is 0.256 e. The van der Waals surface area contributed by atoms with Gasteiger partial charge in [-0.3, -0.25) is 14.4 Å². The molecule has 3 amide bonds. The van der Waals surface area contributed by atoms with Gasteiger partial charge in [-0.25, -0.2) is 4.39 Å². The number of aliphatic hydroxyl groups excluding tert-OH is 1. The molecule has 3 atom stereocenters. The van der Waals surface area contributed by atoms with Gasteiger partial charge in [0.25, 0.3) is 5.91 Å². The van der Waals surface area contributed by atoms with Crippen LogP contribution in [0.2, 0.25) is 0 Å². The second-order valence-electron chi connectivity index (χ2n) is 7.69. The number of aliphatic hydroxyl groups is 1. The van der Waals surface area contributed by atoms with E-state index >= 15 is 0 Å². The fourth-order valence-corrected chi connectivity index (χ4v) is 3.77. The van der Waals surface area contributed by atoms with Crippen molar-refractivity contribution in [2.24, 2.45) is 5.92 Å². The Morgan fingerprint density at radius 2 is 2.07 bits per heavy atom. The lowest BCUT2D eigenvalue weighted by atomic mass is 9.94. The summed E-state index contributed by atoms with van der Waals surface area (Å²) < 4.78 is 13.7. The molecule has 4 N–H and O–H groups in total. The predicted octanol–water partition coefficient (Wildman–Crippen LogP) is 0.608. The van der Waals surface area contributed by atoms with Crippen LogP contribution in [0.1, 0.15) is 19.4 Å². The van der Waals surface area contributed by atoms with Crippen LogP contribution < -0.4 is 16.0 Å². The number of carbonyl (C=O) groups is 3. The zero-order chi connectivity index (χ0) is 22.2. The van der Waals surface area contributed by atoms with E-state index in [9.17, 15) is 23.9 Å². The van der Waals surface area contributed by atoms with Crippen molar-refractivity contribution < 1.29 is 23.9 Å². The predicted molar refractivity (Wildman–Crippen MR) is 110 cm³/mol. The summed E-state index contributed by atoms with van der Waals surface area (Å²) in [6.07, 6.45) is 1.61. The van der Waals surface area contributed by atoms with Gasteiger partial charge >= 0.3 is 0 Å². The van der Waals surface area contributed by atoms with Crippen LogP contribution in [0.3, 0.4) is 0 Å². The van der Waals surface area contributed by atoms with Crippen molar-refractivity contribution in [3.63, 3.8) is 0 Å². The van der Waals surface area contributed by atoms with E-state index in [4.69, 9.17) is 0 Å². The van der Waals surface area contributed by atoms with Gasteiger partial charge in [0.2, 0.25) is 11.8 Å². The Morgan fingerprint density at radius 1 is 1.37 bits per heavy atom. The number of likely N-dealkylation sites (N-methyl/N-ethyl adjacent to an activating group) is 1. The number of benzene rings is 1. The van der Waals surface area contributed by atoms with E-state index in [1.165, 1.54) is 23.1 Å². The molecule has 0 fully saturated rings. The monoisotopic (exact) mass is 416 g/mol. The highest BCUT2D eigenvalue weighted by Gasteiger charge is 2.36. The number of carbonyl (C=O) groups excluding carboxylic acids is 3. The number of allylic oxidation sites excluding steroid dienone is 1. The van der Waals surface area contributed by atoms with Crippen molar-refractivity contribution in [1.29, 1.82) is 0 Å². The third kappa shape index (κ3) is 3.93. The summed E-state index contributed by atoms with van der Waals surface area (Å²) >= 11 is 0.